The van der Waals surface area contributed by atoms with Gasteiger partial charge in [-0.25, -0.2) is 5.21 Å². The van der Waals surface area contributed by atoms with E-state index in [0.717, 1.165) is 16.5 Å². The van der Waals surface area contributed by atoms with E-state index in [1.807, 2.05) is 33.7 Å². The molecule has 122 valence electrons. The maximum absolute atomic E-state index is 11.5. The quantitative estimate of drug-likeness (QED) is 0.692. The summed E-state index contributed by atoms with van der Waals surface area (Å²) in [5.41, 5.74) is 1.86. The highest BCUT2D eigenvalue weighted by Gasteiger charge is 2.25. The van der Waals surface area contributed by atoms with E-state index in [0.29, 0.717) is 18.2 Å². The van der Waals surface area contributed by atoms with Crippen molar-refractivity contribution in [2.24, 2.45) is 0 Å². The molecule has 3 heterocycles. The van der Waals surface area contributed by atoms with Crippen molar-refractivity contribution in [3.63, 3.8) is 0 Å². The Kier molecular flexibility index (Phi) is 3.90. The lowest BCUT2D eigenvalue weighted by atomic mass is 10.2. The third kappa shape index (κ3) is 2.63. The molecule has 0 spiro atoms. The molecule has 2 N–H and O–H groups in total. The molecular formula is C15H14N6O2S. The number of benzene rings is 1. The summed E-state index contributed by atoms with van der Waals surface area (Å²) < 4.78 is 1.98. The van der Waals surface area contributed by atoms with Crippen molar-refractivity contribution in [1.29, 1.82) is 0 Å². The van der Waals surface area contributed by atoms with Crippen molar-refractivity contribution in [2.45, 2.75) is 11.8 Å². The summed E-state index contributed by atoms with van der Waals surface area (Å²) >= 11 is 1.53. The van der Waals surface area contributed by atoms with Crippen LogP contribution >= 0.6 is 11.8 Å². The van der Waals surface area contributed by atoms with Crippen LogP contribution in [0.1, 0.15) is 0 Å². The van der Waals surface area contributed by atoms with Gasteiger partial charge in [0.2, 0.25) is 0 Å². The van der Waals surface area contributed by atoms with Crippen molar-refractivity contribution in [1.82, 2.24) is 19.7 Å². The normalized spacial score (nSPS) is 15.2. The Hall–Kier alpha value is -2.46. The van der Waals surface area contributed by atoms with E-state index in [9.17, 15) is 10.4 Å². The Labute approximate surface area is 141 Å². The molecule has 1 aliphatic heterocycles. The van der Waals surface area contributed by atoms with Gasteiger partial charge in [0.15, 0.2) is 16.7 Å². The minimum Gasteiger partial charge on any atom is -0.595 e. The molecule has 0 bridgehead atoms. The van der Waals surface area contributed by atoms with E-state index in [2.05, 4.69) is 15.2 Å². The number of aromatic nitrogens is 4. The Morgan fingerprint density at radius 1 is 1.17 bits per heavy atom. The number of thioether (sulfide) groups is 1. The maximum Gasteiger partial charge on any atom is 0.194 e. The van der Waals surface area contributed by atoms with E-state index in [-0.39, 0.29) is 5.69 Å². The minimum absolute atomic E-state index is 0.289. The van der Waals surface area contributed by atoms with Crippen LogP contribution in [-0.2, 0) is 6.67 Å². The smallest absolute Gasteiger partial charge is 0.194 e. The lowest BCUT2D eigenvalue weighted by Crippen LogP contribution is -2.99. The van der Waals surface area contributed by atoms with Crippen LogP contribution in [0.5, 0.6) is 0 Å². The number of quaternary nitrogens is 1. The summed E-state index contributed by atoms with van der Waals surface area (Å²) in [5, 5.41) is 29.3. The zero-order chi connectivity index (χ0) is 16.5. The fourth-order valence-electron chi connectivity index (χ4n) is 2.65. The van der Waals surface area contributed by atoms with Crippen LogP contribution in [0.2, 0.25) is 0 Å². The van der Waals surface area contributed by atoms with E-state index >= 15 is 0 Å². The second-order valence-corrected chi connectivity index (χ2v) is 6.16. The molecule has 1 atom stereocenters. The highest BCUT2D eigenvalue weighted by atomic mass is 32.2. The Morgan fingerprint density at radius 3 is 2.83 bits per heavy atom. The van der Waals surface area contributed by atoms with Crippen LogP contribution in [0.15, 0.2) is 53.9 Å². The molecule has 0 amide bonds. The van der Waals surface area contributed by atoms with Crippen LogP contribution < -0.4 is 10.1 Å². The summed E-state index contributed by atoms with van der Waals surface area (Å²) in [6.07, 6.45) is 3.45. The van der Waals surface area contributed by atoms with Crippen LogP contribution in [0, 0.1) is 5.21 Å². The average Bonchev–Trinajstić information content (AvgIpc) is 3.05. The molecule has 4 rings (SSSR count). The number of nitrogens with zero attached hydrogens (tertiary/aromatic N) is 5. The van der Waals surface area contributed by atoms with Gasteiger partial charge in [0.05, 0.1) is 12.5 Å². The zero-order valence-corrected chi connectivity index (χ0v) is 13.3. The van der Waals surface area contributed by atoms with Crippen molar-refractivity contribution in [3.05, 3.63) is 54.0 Å². The Bertz CT molecular complexity index is 854. The number of rotatable bonds is 3. The maximum atomic E-state index is 11.5. The van der Waals surface area contributed by atoms with E-state index < -0.39 is 5.23 Å². The van der Waals surface area contributed by atoms with Gasteiger partial charge in [0, 0.05) is 24.0 Å². The largest absolute Gasteiger partial charge is 0.595 e. The van der Waals surface area contributed by atoms with Gasteiger partial charge in [-0.3, -0.25) is 9.55 Å². The number of nitrogens with one attached hydrogen (secondary N) is 1. The first-order valence-corrected chi connectivity index (χ1v) is 8.26. The molecule has 24 heavy (non-hydrogen) atoms. The molecule has 0 radical (unpaired) electrons. The third-order valence-electron chi connectivity index (χ3n) is 3.77. The highest BCUT2D eigenvalue weighted by molar-refractivity contribution is 7.99. The van der Waals surface area contributed by atoms with Gasteiger partial charge in [0.1, 0.15) is 5.69 Å². The third-order valence-corrected chi connectivity index (χ3v) is 4.77. The molecule has 0 fully saturated rings. The second-order valence-electron chi connectivity index (χ2n) is 5.25. The summed E-state index contributed by atoms with van der Waals surface area (Å²) in [5.74, 6) is 1.35. The topological polar surface area (TPSA) is 94.6 Å². The molecular weight excluding hydrogens is 328 g/mol. The SMILES string of the molecule is [O-][NH+](O)c1ccccc1N1CSc2nnc(-c3cccnc3)n2C1. The number of fused-ring (bicyclic) bond motifs is 1. The van der Waals surface area contributed by atoms with Crippen LogP contribution in [0.4, 0.5) is 11.4 Å². The monoisotopic (exact) mass is 342 g/mol. The summed E-state index contributed by atoms with van der Waals surface area (Å²) in [6, 6.07) is 10.8. The first-order chi connectivity index (χ1) is 11.7. The van der Waals surface area contributed by atoms with Crippen LogP contribution in [0.3, 0.4) is 0 Å². The lowest BCUT2D eigenvalue weighted by Gasteiger charge is -2.31. The van der Waals surface area contributed by atoms with Crippen molar-refractivity contribution < 1.29 is 10.4 Å². The fraction of sp³-hybridized carbons (Fsp3) is 0.133. The highest BCUT2D eigenvalue weighted by Crippen LogP contribution is 2.33. The summed E-state index contributed by atoms with van der Waals surface area (Å²) in [6.45, 7) is 0.490. The van der Waals surface area contributed by atoms with Crippen LogP contribution in [-0.4, -0.2) is 30.8 Å². The number of hydrogen-bond acceptors (Lipinski definition) is 7. The first kappa shape index (κ1) is 15.1. The standard InChI is InChI=1S/C15H14N6O2S/c22-21(23)13-6-2-1-5-12(13)19-9-20-14(11-4-3-7-16-8-11)17-18-15(20)24-10-19/h1-8,21-22H,9-10H2. The van der Waals surface area contributed by atoms with Gasteiger partial charge in [-0.2, -0.15) is 5.23 Å². The second kappa shape index (κ2) is 6.21. The van der Waals surface area contributed by atoms with E-state index in [4.69, 9.17) is 0 Å². The molecule has 3 aromatic rings. The molecule has 0 saturated heterocycles. The fourth-order valence-corrected chi connectivity index (χ4v) is 3.55. The van der Waals surface area contributed by atoms with Gasteiger partial charge in [-0.05, 0) is 18.2 Å². The number of para-hydroxylation sites is 2. The van der Waals surface area contributed by atoms with E-state index in [1.54, 1.807) is 24.5 Å². The molecule has 0 aliphatic carbocycles. The molecule has 1 aromatic carbocycles. The van der Waals surface area contributed by atoms with Gasteiger partial charge in [0.25, 0.3) is 0 Å². The molecule has 8 nitrogen and oxygen atoms in total. The van der Waals surface area contributed by atoms with E-state index in [1.165, 1.54) is 11.8 Å². The van der Waals surface area contributed by atoms with Crippen molar-refractivity contribution in [3.8, 4) is 11.4 Å². The first-order valence-electron chi connectivity index (χ1n) is 7.28. The number of pyridine rings is 1. The van der Waals surface area contributed by atoms with Gasteiger partial charge < -0.3 is 10.1 Å². The number of anilines is 1. The molecule has 2 aromatic heterocycles. The van der Waals surface area contributed by atoms with Crippen molar-refractivity contribution in [2.75, 3.05) is 10.8 Å². The Morgan fingerprint density at radius 2 is 2.04 bits per heavy atom. The Balaban J connectivity index is 1.71. The average molecular weight is 342 g/mol. The van der Waals surface area contributed by atoms with Gasteiger partial charge in [-0.15, -0.1) is 10.2 Å². The molecule has 0 saturated carbocycles. The number of hydrogen-bond donors (Lipinski definition) is 2. The molecule has 9 heteroatoms. The van der Waals surface area contributed by atoms with Crippen LogP contribution in [0.25, 0.3) is 11.4 Å². The predicted molar refractivity (Wildman–Crippen MR) is 88.7 cm³/mol. The van der Waals surface area contributed by atoms with Crippen molar-refractivity contribution >= 4 is 23.1 Å². The molecule has 1 unspecified atom stereocenters. The summed E-state index contributed by atoms with van der Waals surface area (Å²) in [4.78, 5) is 6.13. The predicted octanol–water partition coefficient (Wildman–Crippen LogP) is 1.27. The summed E-state index contributed by atoms with van der Waals surface area (Å²) in [7, 11) is 0. The van der Waals surface area contributed by atoms with Gasteiger partial charge in [-0.1, -0.05) is 23.9 Å². The minimum atomic E-state index is -0.933. The lowest BCUT2D eigenvalue weighted by molar-refractivity contribution is -0.990. The van der Waals surface area contributed by atoms with Gasteiger partial charge >= 0.3 is 0 Å². The zero-order valence-electron chi connectivity index (χ0n) is 12.5. The molecule has 1 aliphatic rings.